The van der Waals surface area contributed by atoms with E-state index >= 15 is 0 Å². The quantitative estimate of drug-likeness (QED) is 0.737. The van der Waals surface area contributed by atoms with E-state index in [9.17, 15) is 9.59 Å². The van der Waals surface area contributed by atoms with Crippen molar-refractivity contribution in [1.82, 2.24) is 10.2 Å². The zero-order valence-corrected chi connectivity index (χ0v) is 16.1. The summed E-state index contributed by atoms with van der Waals surface area (Å²) >= 11 is 0. The van der Waals surface area contributed by atoms with Gasteiger partial charge < -0.3 is 10.2 Å². The lowest BCUT2D eigenvalue weighted by Gasteiger charge is -2.25. The summed E-state index contributed by atoms with van der Waals surface area (Å²) in [6, 6.07) is 16.0. The molecule has 0 spiro atoms. The fourth-order valence-corrected chi connectivity index (χ4v) is 2.97. The van der Waals surface area contributed by atoms with Crippen LogP contribution >= 0.6 is 0 Å². The zero-order chi connectivity index (χ0) is 19.1. The topological polar surface area (TPSA) is 49.4 Å². The highest BCUT2D eigenvalue weighted by Gasteiger charge is 2.16. The molecule has 26 heavy (non-hydrogen) atoms. The van der Waals surface area contributed by atoms with Gasteiger partial charge in [0.2, 0.25) is 5.91 Å². The Labute approximate surface area is 156 Å². The monoisotopic (exact) mass is 352 g/mol. The number of nitrogens with one attached hydrogen (secondary N) is 1. The van der Waals surface area contributed by atoms with Gasteiger partial charge in [-0.3, -0.25) is 9.59 Å². The van der Waals surface area contributed by atoms with Crippen LogP contribution in [-0.4, -0.2) is 37.2 Å². The fraction of sp³-hybridized carbons (Fsp3) is 0.364. The summed E-state index contributed by atoms with van der Waals surface area (Å²) in [5.74, 6) is -0.0694. The van der Waals surface area contributed by atoms with Crippen LogP contribution in [0, 0.1) is 13.8 Å². The zero-order valence-electron chi connectivity index (χ0n) is 16.1. The molecule has 2 rings (SSSR count). The molecule has 1 atom stereocenters. The third-order valence-electron chi connectivity index (χ3n) is 4.57. The van der Waals surface area contributed by atoms with Crippen LogP contribution in [0.25, 0.3) is 0 Å². The molecule has 4 nitrogen and oxygen atoms in total. The molecule has 0 saturated carbocycles. The molecule has 0 heterocycles. The first kappa shape index (κ1) is 19.9. The molecule has 0 fully saturated rings. The standard InChI is InChI=1S/C22H28N2O2/c1-16-10-11-17(2)19(14-16)21(25)12-13-22(26)23-15-20(24(3)4)18-8-6-5-7-9-18/h5-11,14,20H,12-13,15H2,1-4H3,(H,23,26). The van der Waals surface area contributed by atoms with Gasteiger partial charge in [0.15, 0.2) is 5.78 Å². The molecule has 0 aromatic heterocycles. The average molecular weight is 352 g/mol. The molecule has 0 saturated heterocycles. The number of ketones is 1. The maximum Gasteiger partial charge on any atom is 0.220 e. The van der Waals surface area contributed by atoms with Gasteiger partial charge in [0.05, 0.1) is 6.04 Å². The van der Waals surface area contributed by atoms with Crippen LogP contribution < -0.4 is 5.32 Å². The molecule has 1 unspecified atom stereocenters. The van der Waals surface area contributed by atoms with Gasteiger partial charge in [-0.05, 0) is 45.1 Å². The molecule has 0 bridgehead atoms. The van der Waals surface area contributed by atoms with E-state index in [4.69, 9.17) is 0 Å². The Morgan fingerprint density at radius 3 is 2.35 bits per heavy atom. The highest BCUT2D eigenvalue weighted by Crippen LogP contribution is 2.17. The third-order valence-corrected chi connectivity index (χ3v) is 4.57. The maximum atomic E-state index is 12.4. The molecule has 138 valence electrons. The van der Waals surface area contributed by atoms with E-state index in [0.717, 1.165) is 16.7 Å². The smallest absolute Gasteiger partial charge is 0.220 e. The van der Waals surface area contributed by atoms with Gasteiger partial charge in [0.25, 0.3) is 0 Å². The van der Waals surface area contributed by atoms with Crippen LogP contribution in [0.3, 0.4) is 0 Å². The number of rotatable bonds is 8. The van der Waals surface area contributed by atoms with Crippen molar-refractivity contribution in [3.63, 3.8) is 0 Å². The first-order valence-electron chi connectivity index (χ1n) is 8.97. The van der Waals surface area contributed by atoms with Crippen molar-refractivity contribution >= 4 is 11.7 Å². The predicted molar refractivity (Wildman–Crippen MR) is 105 cm³/mol. The van der Waals surface area contributed by atoms with E-state index in [2.05, 4.69) is 22.3 Å². The number of aryl methyl sites for hydroxylation is 2. The summed E-state index contributed by atoms with van der Waals surface area (Å²) in [4.78, 5) is 26.7. The van der Waals surface area contributed by atoms with E-state index in [1.54, 1.807) is 0 Å². The van der Waals surface area contributed by atoms with Gasteiger partial charge in [-0.25, -0.2) is 0 Å². The maximum absolute atomic E-state index is 12.4. The second-order valence-electron chi connectivity index (χ2n) is 6.94. The van der Waals surface area contributed by atoms with E-state index in [-0.39, 0.29) is 30.6 Å². The van der Waals surface area contributed by atoms with Gasteiger partial charge in [-0.2, -0.15) is 0 Å². The van der Waals surface area contributed by atoms with E-state index in [1.165, 1.54) is 0 Å². The second kappa shape index (κ2) is 9.30. The Morgan fingerprint density at radius 2 is 1.69 bits per heavy atom. The van der Waals surface area contributed by atoms with Crippen LogP contribution in [-0.2, 0) is 4.79 Å². The van der Waals surface area contributed by atoms with Crippen LogP contribution in [0.1, 0.15) is 45.9 Å². The molecule has 0 aliphatic heterocycles. The molecule has 0 aliphatic carbocycles. The summed E-state index contributed by atoms with van der Waals surface area (Å²) in [6.07, 6.45) is 0.440. The number of hydrogen-bond acceptors (Lipinski definition) is 3. The highest BCUT2D eigenvalue weighted by atomic mass is 16.2. The molecular formula is C22H28N2O2. The fourth-order valence-electron chi connectivity index (χ4n) is 2.97. The number of carbonyl (C=O) groups is 2. The molecule has 0 aliphatic rings. The van der Waals surface area contributed by atoms with Crippen LogP contribution in [0.5, 0.6) is 0 Å². The van der Waals surface area contributed by atoms with Gasteiger partial charge >= 0.3 is 0 Å². The van der Waals surface area contributed by atoms with E-state index in [1.807, 2.05) is 64.3 Å². The Hall–Kier alpha value is -2.46. The number of amides is 1. The predicted octanol–water partition coefficient (Wildman–Crippen LogP) is 3.69. The molecule has 2 aromatic carbocycles. The van der Waals surface area contributed by atoms with Crippen molar-refractivity contribution in [3.8, 4) is 0 Å². The van der Waals surface area contributed by atoms with Gasteiger partial charge in [-0.1, -0.05) is 48.0 Å². The van der Waals surface area contributed by atoms with E-state index < -0.39 is 0 Å². The lowest BCUT2D eigenvalue weighted by molar-refractivity contribution is -0.121. The molecule has 1 N–H and O–H groups in total. The van der Waals surface area contributed by atoms with Crippen molar-refractivity contribution in [2.75, 3.05) is 20.6 Å². The number of Topliss-reactive ketones (excluding diaryl/α,β-unsaturated/α-hetero) is 1. The summed E-state index contributed by atoms with van der Waals surface area (Å²) in [5, 5.41) is 2.96. The van der Waals surface area contributed by atoms with Crippen LogP contribution in [0.15, 0.2) is 48.5 Å². The Morgan fingerprint density at radius 1 is 1.00 bits per heavy atom. The Balaban J connectivity index is 1.88. The van der Waals surface area contributed by atoms with Crippen molar-refractivity contribution < 1.29 is 9.59 Å². The van der Waals surface area contributed by atoms with Gasteiger partial charge in [0, 0.05) is 24.9 Å². The lowest BCUT2D eigenvalue weighted by atomic mass is 9.99. The van der Waals surface area contributed by atoms with Crippen molar-refractivity contribution in [3.05, 3.63) is 70.8 Å². The minimum absolute atomic E-state index is 0.0218. The highest BCUT2D eigenvalue weighted by molar-refractivity contribution is 5.99. The molecule has 0 radical (unpaired) electrons. The number of nitrogens with zero attached hydrogens (tertiary/aromatic N) is 1. The molecule has 4 heteroatoms. The Kier molecular flexibility index (Phi) is 7.10. The molecular weight excluding hydrogens is 324 g/mol. The lowest BCUT2D eigenvalue weighted by Crippen LogP contribution is -2.34. The minimum atomic E-state index is -0.0913. The second-order valence-corrected chi connectivity index (χ2v) is 6.94. The minimum Gasteiger partial charge on any atom is -0.354 e. The Bertz CT molecular complexity index is 754. The molecule has 2 aromatic rings. The summed E-state index contributed by atoms with van der Waals surface area (Å²) in [7, 11) is 3.99. The summed E-state index contributed by atoms with van der Waals surface area (Å²) in [6.45, 7) is 4.41. The van der Waals surface area contributed by atoms with Gasteiger partial charge in [0.1, 0.15) is 0 Å². The summed E-state index contributed by atoms with van der Waals surface area (Å²) in [5.41, 5.74) is 3.88. The van der Waals surface area contributed by atoms with E-state index in [0.29, 0.717) is 12.1 Å². The number of hydrogen-bond donors (Lipinski definition) is 1. The van der Waals surface area contributed by atoms with Crippen molar-refractivity contribution in [2.24, 2.45) is 0 Å². The first-order valence-corrected chi connectivity index (χ1v) is 8.97. The summed E-state index contributed by atoms with van der Waals surface area (Å²) < 4.78 is 0. The van der Waals surface area contributed by atoms with Crippen molar-refractivity contribution in [1.29, 1.82) is 0 Å². The SMILES string of the molecule is Cc1ccc(C)c(C(=O)CCC(=O)NCC(c2ccccc2)N(C)C)c1. The average Bonchev–Trinajstić information content (AvgIpc) is 2.62. The van der Waals surface area contributed by atoms with Crippen LogP contribution in [0.4, 0.5) is 0 Å². The van der Waals surface area contributed by atoms with Crippen molar-refractivity contribution in [2.45, 2.75) is 32.7 Å². The van der Waals surface area contributed by atoms with Gasteiger partial charge in [-0.15, -0.1) is 0 Å². The first-order chi connectivity index (χ1) is 12.4. The van der Waals surface area contributed by atoms with Crippen LogP contribution in [0.2, 0.25) is 0 Å². The number of likely N-dealkylation sites (N-methyl/N-ethyl adjacent to an activating group) is 1. The largest absolute Gasteiger partial charge is 0.354 e. The number of benzene rings is 2. The number of carbonyl (C=O) groups excluding carboxylic acids is 2. The third kappa shape index (κ3) is 5.53. The molecule has 1 amide bonds. The normalized spacial score (nSPS) is 12.0.